The first-order valence-corrected chi connectivity index (χ1v) is 7.24. The van der Waals surface area contributed by atoms with Gasteiger partial charge in [-0.05, 0) is 20.8 Å². The maximum absolute atomic E-state index is 11.7. The number of hydrogen-bond acceptors (Lipinski definition) is 7. The van der Waals surface area contributed by atoms with Gasteiger partial charge in [0.1, 0.15) is 6.61 Å². The summed E-state index contributed by atoms with van der Waals surface area (Å²) in [6, 6.07) is 0. The summed E-state index contributed by atoms with van der Waals surface area (Å²) in [6.45, 7) is 6.84. The third kappa shape index (κ3) is 9.33. The Morgan fingerprint density at radius 3 is 1.68 bits per heavy atom. The van der Waals surface area contributed by atoms with Gasteiger partial charge in [0.25, 0.3) is 0 Å². The van der Waals surface area contributed by atoms with Crippen molar-refractivity contribution < 1.29 is 28.6 Å². The van der Waals surface area contributed by atoms with Crippen LogP contribution in [0.5, 0.6) is 0 Å². The van der Waals surface area contributed by atoms with Crippen LogP contribution in [0.2, 0.25) is 0 Å². The maximum atomic E-state index is 11.7. The van der Waals surface area contributed by atoms with Crippen LogP contribution in [0.3, 0.4) is 0 Å². The average molecular weight is 317 g/mol. The summed E-state index contributed by atoms with van der Waals surface area (Å²) in [7, 11) is 2.65. The molecule has 0 N–H and O–H groups in total. The number of rotatable bonds is 9. The summed E-state index contributed by atoms with van der Waals surface area (Å²) in [5.74, 6) is -0.933. The lowest BCUT2D eigenvalue weighted by atomic mass is 9.97. The minimum Gasteiger partial charge on any atom is -0.469 e. The van der Waals surface area contributed by atoms with Gasteiger partial charge >= 0.3 is 17.9 Å². The van der Waals surface area contributed by atoms with Crippen LogP contribution in [0.1, 0.15) is 33.6 Å². The molecule has 0 atom stereocenters. The molecule has 0 saturated carbocycles. The van der Waals surface area contributed by atoms with Crippen LogP contribution in [0, 0.1) is 5.41 Å². The molecule has 0 spiro atoms. The molecule has 0 rings (SSSR count). The fourth-order valence-electron chi connectivity index (χ4n) is 1.52. The number of nitrogens with zero attached hydrogens (tertiary/aromatic N) is 1. The van der Waals surface area contributed by atoms with Crippen LogP contribution < -0.4 is 0 Å². The summed E-state index contributed by atoms with van der Waals surface area (Å²) < 4.78 is 14.4. The molecule has 0 aliphatic heterocycles. The van der Waals surface area contributed by atoms with Gasteiger partial charge in [-0.1, -0.05) is 0 Å². The van der Waals surface area contributed by atoms with Gasteiger partial charge in [-0.25, -0.2) is 0 Å². The highest BCUT2D eigenvalue weighted by Gasteiger charge is 2.23. The normalized spacial score (nSPS) is 11.2. The zero-order valence-electron chi connectivity index (χ0n) is 14.1. The Kier molecular flexibility index (Phi) is 9.40. The molecule has 0 aliphatic carbocycles. The summed E-state index contributed by atoms with van der Waals surface area (Å²) in [6.07, 6.45) is 0.426. The third-order valence-electron chi connectivity index (χ3n) is 2.97. The average Bonchev–Trinajstić information content (AvgIpc) is 2.47. The molecule has 0 aromatic heterocycles. The predicted octanol–water partition coefficient (Wildman–Crippen LogP) is 1.00. The zero-order chi connectivity index (χ0) is 17.2. The largest absolute Gasteiger partial charge is 0.469 e. The molecular weight excluding hydrogens is 290 g/mol. The van der Waals surface area contributed by atoms with E-state index >= 15 is 0 Å². The van der Waals surface area contributed by atoms with E-state index in [1.807, 2.05) is 4.90 Å². The number of ether oxygens (including phenoxy) is 3. The topological polar surface area (TPSA) is 82.1 Å². The van der Waals surface area contributed by atoms with Crippen LogP contribution in [-0.4, -0.2) is 63.3 Å². The minimum absolute atomic E-state index is 0.207. The first kappa shape index (κ1) is 20.4. The van der Waals surface area contributed by atoms with Crippen molar-refractivity contribution in [2.45, 2.75) is 33.6 Å². The molecule has 22 heavy (non-hydrogen) atoms. The summed E-state index contributed by atoms with van der Waals surface area (Å²) in [5, 5.41) is 0. The van der Waals surface area contributed by atoms with Gasteiger partial charge in [-0.2, -0.15) is 0 Å². The molecule has 0 aromatic rings. The molecule has 7 nitrogen and oxygen atoms in total. The van der Waals surface area contributed by atoms with E-state index in [0.717, 1.165) is 0 Å². The fourth-order valence-corrected chi connectivity index (χ4v) is 1.52. The van der Waals surface area contributed by atoms with Gasteiger partial charge in [-0.15, -0.1) is 0 Å². The van der Waals surface area contributed by atoms with Crippen molar-refractivity contribution in [2.75, 3.05) is 40.5 Å². The van der Waals surface area contributed by atoms with Gasteiger partial charge in [-0.3, -0.25) is 19.3 Å². The molecule has 7 heteroatoms. The van der Waals surface area contributed by atoms with E-state index in [1.165, 1.54) is 14.2 Å². The number of methoxy groups -OCH3 is 2. The van der Waals surface area contributed by atoms with E-state index in [0.29, 0.717) is 19.6 Å². The molecule has 0 saturated heterocycles. The lowest BCUT2D eigenvalue weighted by Gasteiger charge is -2.22. The zero-order valence-corrected chi connectivity index (χ0v) is 14.1. The molecule has 0 heterocycles. The van der Waals surface area contributed by atoms with E-state index in [9.17, 15) is 14.4 Å². The molecular formula is C15H27NO6. The summed E-state index contributed by atoms with van der Waals surface area (Å²) in [5.41, 5.74) is -0.553. The van der Waals surface area contributed by atoms with Crippen LogP contribution in [0.4, 0.5) is 0 Å². The van der Waals surface area contributed by atoms with Crippen LogP contribution >= 0.6 is 0 Å². The van der Waals surface area contributed by atoms with E-state index < -0.39 is 5.41 Å². The Morgan fingerprint density at radius 1 is 0.864 bits per heavy atom. The number of carbonyl (C=O) groups is 3. The smallest absolute Gasteiger partial charge is 0.311 e. The van der Waals surface area contributed by atoms with Gasteiger partial charge < -0.3 is 14.2 Å². The molecule has 0 unspecified atom stereocenters. The Labute approximate surface area is 131 Å². The Morgan fingerprint density at radius 2 is 1.32 bits per heavy atom. The molecule has 0 radical (unpaired) electrons. The summed E-state index contributed by atoms with van der Waals surface area (Å²) >= 11 is 0. The molecule has 0 bridgehead atoms. The molecule has 128 valence electrons. The van der Waals surface area contributed by atoms with E-state index in [1.54, 1.807) is 20.8 Å². The van der Waals surface area contributed by atoms with Crippen LogP contribution in [-0.2, 0) is 28.6 Å². The van der Waals surface area contributed by atoms with Gasteiger partial charge in [0.15, 0.2) is 0 Å². The Hall–Kier alpha value is -1.63. The van der Waals surface area contributed by atoms with Gasteiger partial charge in [0.05, 0.1) is 32.5 Å². The quantitative estimate of drug-likeness (QED) is 0.463. The van der Waals surface area contributed by atoms with E-state index in [-0.39, 0.29) is 37.4 Å². The van der Waals surface area contributed by atoms with Crippen molar-refractivity contribution >= 4 is 17.9 Å². The molecule has 0 amide bonds. The second-order valence-corrected chi connectivity index (χ2v) is 5.88. The highest BCUT2D eigenvalue weighted by Crippen LogP contribution is 2.14. The maximum Gasteiger partial charge on any atom is 0.311 e. The molecule has 0 aromatic carbocycles. The first-order valence-electron chi connectivity index (χ1n) is 7.24. The van der Waals surface area contributed by atoms with Crippen molar-refractivity contribution in [3.8, 4) is 0 Å². The predicted molar refractivity (Wildman–Crippen MR) is 80.1 cm³/mol. The highest BCUT2D eigenvalue weighted by atomic mass is 16.5. The Balaban J connectivity index is 4.29. The first-order chi connectivity index (χ1) is 10.2. The SMILES string of the molecule is COC(=O)CCN(CCOC(=O)C(C)(C)C)CCC(=O)OC. The fraction of sp³-hybridized carbons (Fsp3) is 0.800. The standard InChI is InChI=1S/C15H27NO6/c1-15(2,3)14(19)22-11-10-16(8-6-12(17)20-4)9-7-13(18)21-5/h6-11H2,1-5H3. The van der Waals surface area contributed by atoms with E-state index in [2.05, 4.69) is 9.47 Å². The second kappa shape index (κ2) is 10.2. The lowest BCUT2D eigenvalue weighted by molar-refractivity contribution is -0.153. The Bertz CT molecular complexity index is 355. The monoisotopic (exact) mass is 317 g/mol. The van der Waals surface area contributed by atoms with Crippen molar-refractivity contribution in [2.24, 2.45) is 5.41 Å². The van der Waals surface area contributed by atoms with Gasteiger partial charge in [0, 0.05) is 19.6 Å². The van der Waals surface area contributed by atoms with Crippen LogP contribution in [0.15, 0.2) is 0 Å². The third-order valence-corrected chi connectivity index (χ3v) is 2.97. The molecule has 0 fully saturated rings. The minimum atomic E-state index is -0.553. The number of hydrogen-bond donors (Lipinski definition) is 0. The van der Waals surface area contributed by atoms with E-state index in [4.69, 9.17) is 4.74 Å². The second-order valence-electron chi connectivity index (χ2n) is 5.88. The van der Waals surface area contributed by atoms with Gasteiger partial charge in [0.2, 0.25) is 0 Å². The van der Waals surface area contributed by atoms with Crippen molar-refractivity contribution in [1.29, 1.82) is 0 Å². The number of carbonyl (C=O) groups excluding carboxylic acids is 3. The van der Waals surface area contributed by atoms with Crippen LogP contribution in [0.25, 0.3) is 0 Å². The lowest BCUT2D eigenvalue weighted by Crippen LogP contribution is -2.34. The molecule has 0 aliphatic rings. The van der Waals surface area contributed by atoms with Crippen molar-refractivity contribution in [1.82, 2.24) is 4.90 Å². The number of esters is 3. The summed E-state index contributed by atoms with van der Waals surface area (Å²) in [4.78, 5) is 35.9. The highest BCUT2D eigenvalue weighted by molar-refractivity contribution is 5.75. The van der Waals surface area contributed by atoms with Crippen molar-refractivity contribution in [3.05, 3.63) is 0 Å². The van der Waals surface area contributed by atoms with Crippen molar-refractivity contribution in [3.63, 3.8) is 0 Å².